The summed E-state index contributed by atoms with van der Waals surface area (Å²) in [5, 5.41) is 4.69. The number of fused-ring (bicyclic) bond motifs is 1. The van der Waals surface area contributed by atoms with Crippen LogP contribution in [0.3, 0.4) is 0 Å². The maximum Gasteiger partial charge on any atom is 0.129 e. The highest BCUT2D eigenvalue weighted by Crippen LogP contribution is 2.26. The van der Waals surface area contributed by atoms with Crippen LogP contribution in [0.2, 0.25) is 0 Å². The first-order chi connectivity index (χ1) is 9.64. The number of pyridine rings is 1. The third kappa shape index (κ3) is 2.93. The Labute approximate surface area is 121 Å². The highest BCUT2D eigenvalue weighted by Gasteiger charge is 2.24. The normalized spacial score (nSPS) is 11.8. The Morgan fingerprint density at radius 2 is 1.90 bits per heavy atom. The monoisotopic (exact) mass is 271 g/mol. The predicted molar refractivity (Wildman–Crippen MR) is 87.0 cm³/mol. The molecule has 0 unspecified atom stereocenters. The summed E-state index contributed by atoms with van der Waals surface area (Å²) in [6.45, 7) is 8.10. The molecule has 2 rings (SSSR count). The van der Waals surface area contributed by atoms with E-state index in [0.717, 1.165) is 30.7 Å². The van der Waals surface area contributed by atoms with E-state index < -0.39 is 0 Å². The molecule has 0 amide bonds. The number of nitrogens with one attached hydrogen (secondary N) is 1. The fourth-order valence-corrected chi connectivity index (χ4v) is 2.53. The molecule has 0 aliphatic carbocycles. The number of nitrogens with zero attached hydrogens (tertiary/aromatic N) is 1. The van der Waals surface area contributed by atoms with E-state index in [9.17, 15) is 0 Å². The van der Waals surface area contributed by atoms with Gasteiger partial charge in [0.1, 0.15) is 5.82 Å². The van der Waals surface area contributed by atoms with Gasteiger partial charge in [-0.05, 0) is 49.4 Å². The number of para-hydroxylation sites is 1. The Morgan fingerprint density at radius 3 is 2.55 bits per heavy atom. The summed E-state index contributed by atoms with van der Waals surface area (Å²) >= 11 is 0. The van der Waals surface area contributed by atoms with Gasteiger partial charge in [-0.25, -0.2) is 4.98 Å². The van der Waals surface area contributed by atoms with E-state index in [4.69, 9.17) is 10.7 Å². The van der Waals surface area contributed by atoms with E-state index in [1.165, 1.54) is 10.9 Å². The number of nitrogens with two attached hydrogens (primary N) is 1. The van der Waals surface area contributed by atoms with Gasteiger partial charge in [-0.15, -0.1) is 0 Å². The standard InChI is InChI=1S/C17H25N3/c1-4-17(5-2,11-18)12-19-16-13(3)10-14-8-6-7-9-15(14)20-16/h6-10H,4-5,11-12,18H2,1-3H3,(H,19,20). The van der Waals surface area contributed by atoms with Gasteiger partial charge in [-0.2, -0.15) is 0 Å². The summed E-state index contributed by atoms with van der Waals surface area (Å²) in [6.07, 6.45) is 2.17. The van der Waals surface area contributed by atoms with Crippen molar-refractivity contribution in [3.63, 3.8) is 0 Å². The number of benzene rings is 1. The van der Waals surface area contributed by atoms with Crippen molar-refractivity contribution in [2.24, 2.45) is 11.1 Å². The molecule has 3 N–H and O–H groups in total. The Balaban J connectivity index is 2.23. The first kappa shape index (κ1) is 14.8. The topological polar surface area (TPSA) is 50.9 Å². The van der Waals surface area contributed by atoms with Crippen LogP contribution >= 0.6 is 0 Å². The van der Waals surface area contributed by atoms with Gasteiger partial charge in [0.2, 0.25) is 0 Å². The summed E-state index contributed by atoms with van der Waals surface area (Å²) in [4.78, 5) is 4.73. The largest absolute Gasteiger partial charge is 0.369 e. The Bertz CT molecular complexity index is 565. The number of hydrogen-bond acceptors (Lipinski definition) is 3. The summed E-state index contributed by atoms with van der Waals surface area (Å²) in [5.74, 6) is 0.975. The summed E-state index contributed by atoms with van der Waals surface area (Å²) < 4.78 is 0. The maximum absolute atomic E-state index is 5.96. The number of rotatable bonds is 6. The lowest BCUT2D eigenvalue weighted by molar-refractivity contribution is 0.294. The van der Waals surface area contributed by atoms with Crippen molar-refractivity contribution in [1.82, 2.24) is 4.98 Å². The van der Waals surface area contributed by atoms with Crippen LogP contribution < -0.4 is 11.1 Å². The van der Waals surface area contributed by atoms with Gasteiger partial charge in [0.15, 0.2) is 0 Å². The van der Waals surface area contributed by atoms with Crippen molar-refractivity contribution in [2.75, 3.05) is 18.4 Å². The predicted octanol–water partition coefficient (Wildman–Crippen LogP) is 3.72. The van der Waals surface area contributed by atoms with Crippen LogP contribution in [0.25, 0.3) is 10.9 Å². The summed E-state index contributed by atoms with van der Waals surface area (Å²) in [7, 11) is 0. The van der Waals surface area contributed by atoms with Crippen LogP contribution in [-0.4, -0.2) is 18.1 Å². The van der Waals surface area contributed by atoms with Gasteiger partial charge in [-0.3, -0.25) is 0 Å². The minimum atomic E-state index is 0.166. The first-order valence-electron chi connectivity index (χ1n) is 7.44. The molecule has 0 aliphatic heterocycles. The fourth-order valence-electron chi connectivity index (χ4n) is 2.53. The molecule has 1 heterocycles. The second-order valence-electron chi connectivity index (χ2n) is 5.61. The molecule has 0 saturated carbocycles. The van der Waals surface area contributed by atoms with E-state index in [0.29, 0.717) is 6.54 Å². The van der Waals surface area contributed by atoms with Crippen LogP contribution in [0.1, 0.15) is 32.3 Å². The molecule has 1 aromatic carbocycles. The summed E-state index contributed by atoms with van der Waals surface area (Å²) in [5.41, 5.74) is 8.34. The van der Waals surface area contributed by atoms with Gasteiger partial charge in [0.05, 0.1) is 5.52 Å². The maximum atomic E-state index is 5.96. The lowest BCUT2D eigenvalue weighted by Gasteiger charge is -2.30. The van der Waals surface area contributed by atoms with Crippen LogP contribution in [0.4, 0.5) is 5.82 Å². The van der Waals surface area contributed by atoms with Crippen LogP contribution in [0.5, 0.6) is 0 Å². The van der Waals surface area contributed by atoms with Crippen molar-refractivity contribution in [2.45, 2.75) is 33.6 Å². The molecular weight excluding hydrogens is 246 g/mol. The quantitative estimate of drug-likeness (QED) is 0.842. The minimum absolute atomic E-state index is 0.166. The SMILES string of the molecule is CCC(CC)(CN)CNc1nc2ccccc2cc1C. The molecule has 0 saturated heterocycles. The molecule has 3 nitrogen and oxygen atoms in total. The zero-order valence-electron chi connectivity index (χ0n) is 12.7. The van der Waals surface area contributed by atoms with Crippen molar-refractivity contribution in [3.05, 3.63) is 35.9 Å². The highest BCUT2D eigenvalue weighted by atomic mass is 15.0. The second kappa shape index (κ2) is 6.23. The smallest absolute Gasteiger partial charge is 0.129 e. The average Bonchev–Trinajstić information content (AvgIpc) is 2.49. The summed E-state index contributed by atoms with van der Waals surface area (Å²) in [6, 6.07) is 10.4. The second-order valence-corrected chi connectivity index (χ2v) is 5.61. The van der Waals surface area contributed by atoms with Crippen LogP contribution in [0.15, 0.2) is 30.3 Å². The number of anilines is 1. The lowest BCUT2D eigenvalue weighted by Crippen LogP contribution is -2.36. The highest BCUT2D eigenvalue weighted by molar-refractivity contribution is 5.81. The number of hydrogen-bond donors (Lipinski definition) is 2. The van der Waals surface area contributed by atoms with Crippen LogP contribution in [-0.2, 0) is 0 Å². The van der Waals surface area contributed by atoms with Crippen molar-refractivity contribution in [1.29, 1.82) is 0 Å². The first-order valence-corrected chi connectivity index (χ1v) is 7.44. The van der Waals surface area contributed by atoms with Gasteiger partial charge < -0.3 is 11.1 Å². The van der Waals surface area contributed by atoms with Crippen molar-refractivity contribution in [3.8, 4) is 0 Å². The molecule has 20 heavy (non-hydrogen) atoms. The Morgan fingerprint density at radius 1 is 1.20 bits per heavy atom. The molecule has 0 atom stereocenters. The molecule has 0 radical (unpaired) electrons. The third-order valence-corrected chi connectivity index (χ3v) is 4.48. The van der Waals surface area contributed by atoms with Gasteiger partial charge in [0, 0.05) is 11.9 Å². The zero-order valence-corrected chi connectivity index (χ0v) is 12.7. The number of aromatic nitrogens is 1. The van der Waals surface area contributed by atoms with E-state index in [-0.39, 0.29) is 5.41 Å². The van der Waals surface area contributed by atoms with E-state index in [1.54, 1.807) is 0 Å². The molecule has 2 aromatic rings. The van der Waals surface area contributed by atoms with E-state index in [1.807, 2.05) is 12.1 Å². The Hall–Kier alpha value is -1.61. The molecule has 108 valence electrons. The van der Waals surface area contributed by atoms with Gasteiger partial charge in [0.25, 0.3) is 0 Å². The van der Waals surface area contributed by atoms with Crippen molar-refractivity contribution >= 4 is 16.7 Å². The molecule has 0 bridgehead atoms. The molecule has 1 aromatic heterocycles. The molecule has 0 aliphatic rings. The minimum Gasteiger partial charge on any atom is -0.369 e. The fraction of sp³-hybridized carbons (Fsp3) is 0.471. The molecule has 0 fully saturated rings. The van der Waals surface area contributed by atoms with Crippen molar-refractivity contribution < 1.29 is 0 Å². The molecule has 0 spiro atoms. The van der Waals surface area contributed by atoms with Gasteiger partial charge in [-0.1, -0.05) is 32.0 Å². The third-order valence-electron chi connectivity index (χ3n) is 4.48. The zero-order chi connectivity index (χ0) is 14.6. The lowest BCUT2D eigenvalue weighted by atomic mass is 9.82. The average molecular weight is 271 g/mol. The van der Waals surface area contributed by atoms with Gasteiger partial charge >= 0.3 is 0 Å². The number of aryl methyl sites for hydroxylation is 1. The Kier molecular flexibility index (Phi) is 4.61. The molecular formula is C17H25N3. The van der Waals surface area contributed by atoms with E-state index in [2.05, 4.69) is 44.3 Å². The van der Waals surface area contributed by atoms with E-state index >= 15 is 0 Å². The van der Waals surface area contributed by atoms with Crippen LogP contribution in [0, 0.1) is 12.3 Å². The molecule has 3 heteroatoms.